The van der Waals surface area contributed by atoms with Crippen molar-refractivity contribution in [3.8, 4) is 0 Å². The second-order valence-electron chi connectivity index (χ2n) is 7.29. The van der Waals surface area contributed by atoms with Crippen molar-refractivity contribution in [2.75, 3.05) is 0 Å². The van der Waals surface area contributed by atoms with Gasteiger partial charge in [0.2, 0.25) is 0 Å². The summed E-state index contributed by atoms with van der Waals surface area (Å²) in [6.07, 6.45) is 4.67. The van der Waals surface area contributed by atoms with E-state index in [9.17, 15) is 9.59 Å². The highest BCUT2D eigenvalue weighted by Crippen LogP contribution is 2.35. The van der Waals surface area contributed by atoms with Crippen LogP contribution in [0.4, 0.5) is 0 Å². The number of hydrogen-bond acceptors (Lipinski definition) is 6. The second kappa shape index (κ2) is 6.10. The molecule has 0 saturated heterocycles. The van der Waals surface area contributed by atoms with Gasteiger partial charge >= 0.3 is 0 Å². The largest absolute Gasteiger partial charge is 0.293 e. The van der Waals surface area contributed by atoms with Crippen LogP contribution in [-0.2, 0) is 19.4 Å². The molecule has 4 aromatic heterocycles. The Morgan fingerprint density at radius 3 is 3.04 bits per heavy atom. The van der Waals surface area contributed by atoms with E-state index in [1.54, 1.807) is 26.6 Å². The van der Waals surface area contributed by atoms with Gasteiger partial charge in [0.05, 0.1) is 24.0 Å². The van der Waals surface area contributed by atoms with Gasteiger partial charge in [-0.2, -0.15) is 0 Å². The summed E-state index contributed by atoms with van der Waals surface area (Å²) < 4.78 is 3.17. The number of thiophene rings is 1. The summed E-state index contributed by atoms with van der Waals surface area (Å²) in [6, 6.07) is 1.51. The zero-order chi connectivity index (χ0) is 18.7. The lowest BCUT2D eigenvalue weighted by Gasteiger charge is -2.17. The number of hydrogen-bond donors (Lipinski definition) is 0. The lowest BCUT2D eigenvalue weighted by Crippen LogP contribution is -2.24. The molecule has 0 aromatic carbocycles. The number of rotatable bonds is 2. The van der Waals surface area contributed by atoms with Crippen LogP contribution in [0.3, 0.4) is 0 Å². The predicted octanol–water partition coefficient (Wildman–Crippen LogP) is 3.01. The van der Waals surface area contributed by atoms with Crippen LogP contribution < -0.4 is 11.1 Å². The van der Waals surface area contributed by atoms with Crippen LogP contribution in [0.5, 0.6) is 0 Å². The zero-order valence-electron chi connectivity index (χ0n) is 15.1. The number of fused-ring (bicyclic) bond motifs is 4. The molecule has 0 spiro atoms. The van der Waals surface area contributed by atoms with Gasteiger partial charge in [-0.3, -0.25) is 18.6 Å². The highest BCUT2D eigenvalue weighted by Gasteiger charge is 2.23. The maximum absolute atomic E-state index is 13.1. The molecule has 0 amide bonds. The fourth-order valence-corrected chi connectivity index (χ4v) is 6.07. The predicted molar refractivity (Wildman–Crippen MR) is 108 cm³/mol. The van der Waals surface area contributed by atoms with Crippen LogP contribution in [0.25, 0.3) is 15.2 Å². The minimum atomic E-state index is -0.113. The van der Waals surface area contributed by atoms with Crippen molar-refractivity contribution < 1.29 is 0 Å². The van der Waals surface area contributed by atoms with Crippen LogP contribution in [0.15, 0.2) is 27.4 Å². The van der Waals surface area contributed by atoms with Crippen molar-refractivity contribution in [1.29, 1.82) is 0 Å². The Balaban J connectivity index is 1.61. The number of aromatic nitrogens is 4. The average molecular weight is 399 g/mol. The number of aryl methyl sites for hydroxylation is 2. The van der Waals surface area contributed by atoms with E-state index in [0.717, 1.165) is 35.2 Å². The van der Waals surface area contributed by atoms with E-state index in [-0.39, 0.29) is 17.7 Å². The third-order valence-electron chi connectivity index (χ3n) is 5.24. The van der Waals surface area contributed by atoms with Gasteiger partial charge in [0.15, 0.2) is 4.96 Å². The molecule has 4 heterocycles. The summed E-state index contributed by atoms with van der Waals surface area (Å²) in [5, 5.41) is 2.67. The summed E-state index contributed by atoms with van der Waals surface area (Å²) in [6.45, 7) is 4.40. The molecule has 1 aliphatic carbocycles. The van der Waals surface area contributed by atoms with Crippen molar-refractivity contribution in [1.82, 2.24) is 18.9 Å². The Morgan fingerprint density at radius 1 is 1.33 bits per heavy atom. The summed E-state index contributed by atoms with van der Waals surface area (Å²) in [7, 11) is 0. The summed E-state index contributed by atoms with van der Waals surface area (Å²) in [5.41, 5.74) is 2.49. The standard InChI is InChI=1S/C19H18N4O2S2/c1-10-3-4-13-14(5-10)27-17-16(13)18(25)22(9-20-17)7-12-6-15(24)23-11(2)8-26-19(23)21-12/h6,8-10H,3-5,7H2,1-2H3/t10-/m1/s1. The topological polar surface area (TPSA) is 69.3 Å². The van der Waals surface area contributed by atoms with Crippen molar-refractivity contribution in [3.05, 3.63) is 60.3 Å². The fourth-order valence-electron chi connectivity index (χ4n) is 3.84. The first-order valence-corrected chi connectivity index (χ1v) is 10.7. The molecule has 0 aliphatic heterocycles. The van der Waals surface area contributed by atoms with Crippen molar-refractivity contribution in [2.24, 2.45) is 5.92 Å². The van der Waals surface area contributed by atoms with Crippen molar-refractivity contribution in [3.63, 3.8) is 0 Å². The molecular weight excluding hydrogens is 380 g/mol. The Labute approximate surface area is 162 Å². The zero-order valence-corrected chi connectivity index (χ0v) is 16.7. The van der Waals surface area contributed by atoms with E-state index in [0.29, 0.717) is 16.6 Å². The van der Waals surface area contributed by atoms with E-state index in [1.807, 2.05) is 12.3 Å². The van der Waals surface area contributed by atoms with Gasteiger partial charge in [0.1, 0.15) is 4.83 Å². The molecular formula is C19H18N4O2S2. The number of thiazole rings is 1. The van der Waals surface area contributed by atoms with Crippen LogP contribution in [0.1, 0.15) is 35.2 Å². The van der Waals surface area contributed by atoms with Gasteiger partial charge in [-0.1, -0.05) is 6.92 Å². The van der Waals surface area contributed by atoms with E-state index in [1.165, 1.54) is 27.8 Å². The molecule has 0 fully saturated rings. The first-order valence-electron chi connectivity index (χ1n) is 8.97. The molecule has 1 aliphatic rings. The quantitative estimate of drug-likeness (QED) is 0.520. The minimum Gasteiger partial charge on any atom is -0.293 e. The Hall–Kier alpha value is -2.32. The Kier molecular flexibility index (Phi) is 3.80. The van der Waals surface area contributed by atoms with E-state index in [2.05, 4.69) is 16.9 Å². The Bertz CT molecular complexity index is 1310. The van der Waals surface area contributed by atoms with Crippen molar-refractivity contribution in [2.45, 2.75) is 39.7 Å². The molecule has 8 heteroatoms. The van der Waals surface area contributed by atoms with Gasteiger partial charge in [-0.25, -0.2) is 9.97 Å². The van der Waals surface area contributed by atoms with Gasteiger partial charge in [-0.05, 0) is 37.7 Å². The summed E-state index contributed by atoms with van der Waals surface area (Å²) >= 11 is 3.08. The van der Waals surface area contributed by atoms with E-state index < -0.39 is 0 Å². The smallest absolute Gasteiger partial charge is 0.262 e. The van der Waals surface area contributed by atoms with Gasteiger partial charge < -0.3 is 0 Å². The Morgan fingerprint density at radius 2 is 2.19 bits per heavy atom. The summed E-state index contributed by atoms with van der Waals surface area (Å²) in [4.78, 5) is 37.4. The molecule has 0 bridgehead atoms. The summed E-state index contributed by atoms with van der Waals surface area (Å²) in [5.74, 6) is 0.658. The monoisotopic (exact) mass is 398 g/mol. The minimum absolute atomic E-state index is 0.0311. The lowest BCUT2D eigenvalue weighted by molar-refractivity contribution is 0.509. The van der Waals surface area contributed by atoms with Crippen molar-refractivity contribution >= 4 is 37.9 Å². The highest BCUT2D eigenvalue weighted by atomic mass is 32.1. The van der Waals surface area contributed by atoms with E-state index in [4.69, 9.17) is 0 Å². The number of nitrogens with zero attached hydrogens (tertiary/aromatic N) is 4. The first kappa shape index (κ1) is 16.8. The van der Waals surface area contributed by atoms with Crippen LogP contribution in [-0.4, -0.2) is 18.9 Å². The molecule has 138 valence electrons. The second-order valence-corrected chi connectivity index (χ2v) is 9.21. The molecule has 5 rings (SSSR count). The highest BCUT2D eigenvalue weighted by molar-refractivity contribution is 7.18. The van der Waals surface area contributed by atoms with Crippen LogP contribution in [0, 0.1) is 12.8 Å². The average Bonchev–Trinajstić information content (AvgIpc) is 3.18. The first-order chi connectivity index (χ1) is 13.0. The van der Waals surface area contributed by atoms with Gasteiger partial charge in [0, 0.05) is 22.0 Å². The van der Waals surface area contributed by atoms with Crippen LogP contribution >= 0.6 is 22.7 Å². The molecule has 27 heavy (non-hydrogen) atoms. The normalized spacial score (nSPS) is 16.9. The molecule has 0 saturated carbocycles. The molecule has 4 aromatic rings. The molecule has 0 radical (unpaired) electrons. The third kappa shape index (κ3) is 2.66. The SMILES string of the molecule is Cc1csc2nc(Cn3cnc4sc5c(c4c3=O)CC[C@@H](C)C5)cc(=O)n12. The maximum atomic E-state index is 13.1. The molecule has 6 nitrogen and oxygen atoms in total. The van der Waals surface area contributed by atoms with E-state index >= 15 is 0 Å². The lowest BCUT2D eigenvalue weighted by atomic mass is 9.89. The van der Waals surface area contributed by atoms with Crippen LogP contribution in [0.2, 0.25) is 0 Å². The van der Waals surface area contributed by atoms with Gasteiger partial charge in [0.25, 0.3) is 11.1 Å². The fraction of sp³-hybridized carbons (Fsp3) is 0.368. The molecule has 1 atom stereocenters. The molecule has 0 N–H and O–H groups in total. The molecule has 0 unspecified atom stereocenters. The third-order valence-corrected chi connectivity index (χ3v) is 7.35. The maximum Gasteiger partial charge on any atom is 0.262 e. The van der Waals surface area contributed by atoms with Gasteiger partial charge in [-0.15, -0.1) is 22.7 Å².